The Morgan fingerprint density at radius 1 is 0.673 bits per heavy atom. The molecular weight excluding hydrogens is 644 g/mol. The summed E-state index contributed by atoms with van der Waals surface area (Å²) >= 11 is 0. The van der Waals surface area contributed by atoms with Gasteiger partial charge < -0.3 is 19.3 Å². The van der Waals surface area contributed by atoms with Crippen LogP contribution in [0, 0.1) is 20.8 Å². The summed E-state index contributed by atoms with van der Waals surface area (Å²) in [5.74, 6) is -0.821. The van der Waals surface area contributed by atoms with Gasteiger partial charge in [-0.15, -0.1) is 0 Å². The maximum Gasteiger partial charge on any atom is 0.414 e. The van der Waals surface area contributed by atoms with Crippen LogP contribution in [-0.2, 0) is 19.0 Å². The van der Waals surface area contributed by atoms with E-state index in [1.165, 1.54) is 54.6 Å². The number of aromatic nitrogens is 3. The topological polar surface area (TPSA) is 218 Å². The number of esters is 1. The Hall–Kier alpha value is -6.91. The number of aryl methyl sites for hydroxylation is 3. The van der Waals surface area contributed by atoms with Crippen molar-refractivity contribution in [3.8, 4) is 17.1 Å². The zero-order valence-corrected chi connectivity index (χ0v) is 26.6. The van der Waals surface area contributed by atoms with Gasteiger partial charge in [0.1, 0.15) is 0 Å². The molecule has 0 fully saturated rings. The zero-order valence-electron chi connectivity index (χ0n) is 26.6. The minimum absolute atomic E-state index is 0.0476. The summed E-state index contributed by atoms with van der Waals surface area (Å²) in [7, 11) is 1.16. The first kappa shape index (κ1) is 35.0. The highest BCUT2D eigenvalue weighted by Crippen LogP contribution is 2.22. The largest absolute Gasteiger partial charge is 0.465 e. The maximum absolute atomic E-state index is 14.1. The number of nitrogens with zero attached hydrogens (tertiary/aromatic N) is 3. The Balaban J connectivity index is 1.97. The molecule has 0 atom stereocenters. The van der Waals surface area contributed by atoms with Gasteiger partial charge in [-0.2, -0.15) is 0 Å². The van der Waals surface area contributed by atoms with E-state index in [4.69, 9.17) is 4.74 Å². The molecule has 17 nitrogen and oxygen atoms in total. The van der Waals surface area contributed by atoms with E-state index in [1.807, 2.05) is 0 Å². The van der Waals surface area contributed by atoms with Crippen LogP contribution in [0.4, 0.5) is 31.4 Å². The van der Waals surface area contributed by atoms with E-state index in [0.29, 0.717) is 30.4 Å². The number of hydrogen-bond acceptors (Lipinski definition) is 10. The lowest BCUT2D eigenvalue weighted by molar-refractivity contribution is -0.145. The molecule has 4 N–H and O–H groups in total. The molecule has 0 unspecified atom stereocenters. The number of anilines is 3. The van der Waals surface area contributed by atoms with Crippen molar-refractivity contribution >= 4 is 41.3 Å². The van der Waals surface area contributed by atoms with E-state index in [2.05, 4.69) is 32.0 Å². The second kappa shape index (κ2) is 14.7. The first-order chi connectivity index (χ1) is 23.2. The van der Waals surface area contributed by atoms with Crippen LogP contribution in [0.3, 0.4) is 0 Å². The van der Waals surface area contributed by atoms with Crippen LogP contribution in [0.1, 0.15) is 16.7 Å². The summed E-state index contributed by atoms with van der Waals surface area (Å²) < 4.78 is 16.1. The molecule has 4 rings (SSSR count). The summed E-state index contributed by atoms with van der Waals surface area (Å²) in [6.45, 7) is 7.40. The SMILES string of the molecule is C=CC(=O)OCOC(=O)Nc1cc(-n2c(=O)n(-c3ccc(C)c(NC(=O)O)c3)c(=O)n(-c3ccc(C)c(NC(=O)OC)c3)c2=O)ccc1C. The standard InChI is InChI=1S/C32H30N6O11/c1-6-26(39)48-16-49-29(43)35-25-15-22(12-9-19(25)4)38-31(45)36(20-10-7-17(2)23(13-20)33-27(40)41)30(44)37(32(38)46)21-11-8-18(3)24(14-21)34-28(42)47-5/h6-15,33H,1,16H2,2-5H3,(H,34,42)(H,35,43)(H,40,41). The molecule has 49 heavy (non-hydrogen) atoms. The highest BCUT2D eigenvalue weighted by atomic mass is 16.7. The van der Waals surface area contributed by atoms with Crippen molar-refractivity contribution in [2.45, 2.75) is 20.8 Å². The number of carboxylic acid groups (broad SMARTS) is 1. The van der Waals surface area contributed by atoms with Crippen molar-refractivity contribution in [3.05, 3.63) is 115 Å². The third kappa shape index (κ3) is 7.74. The van der Waals surface area contributed by atoms with Crippen molar-refractivity contribution in [3.63, 3.8) is 0 Å². The van der Waals surface area contributed by atoms with Gasteiger partial charge in [0.25, 0.3) is 0 Å². The number of amides is 3. The lowest BCUT2D eigenvalue weighted by Crippen LogP contribution is -2.52. The molecule has 0 aliphatic heterocycles. The third-order valence-corrected chi connectivity index (χ3v) is 7.04. The van der Waals surface area contributed by atoms with Gasteiger partial charge in [0, 0.05) is 23.1 Å². The van der Waals surface area contributed by atoms with Crippen LogP contribution in [-0.4, -0.2) is 57.0 Å². The molecule has 0 saturated carbocycles. The highest BCUT2D eigenvalue weighted by Gasteiger charge is 2.22. The molecule has 0 radical (unpaired) electrons. The number of ether oxygens (including phenoxy) is 3. The molecule has 0 saturated heterocycles. The van der Waals surface area contributed by atoms with E-state index in [0.717, 1.165) is 13.2 Å². The lowest BCUT2D eigenvalue weighted by atomic mass is 10.1. The van der Waals surface area contributed by atoms with Crippen LogP contribution in [0.15, 0.2) is 81.6 Å². The highest BCUT2D eigenvalue weighted by molar-refractivity contribution is 5.87. The van der Waals surface area contributed by atoms with Crippen molar-refractivity contribution in [2.24, 2.45) is 0 Å². The number of carbonyl (C=O) groups is 4. The fourth-order valence-electron chi connectivity index (χ4n) is 4.48. The molecule has 254 valence electrons. The van der Waals surface area contributed by atoms with Gasteiger partial charge in [-0.1, -0.05) is 24.8 Å². The third-order valence-electron chi connectivity index (χ3n) is 7.04. The second-order valence-electron chi connectivity index (χ2n) is 10.2. The molecular formula is C32H30N6O11. The number of methoxy groups -OCH3 is 1. The summed E-state index contributed by atoms with van der Waals surface area (Å²) in [5, 5.41) is 16.5. The van der Waals surface area contributed by atoms with Gasteiger partial charge in [0.2, 0.25) is 6.79 Å². The van der Waals surface area contributed by atoms with Gasteiger partial charge in [-0.05, 0) is 73.9 Å². The molecule has 0 aliphatic carbocycles. The molecule has 4 aromatic rings. The summed E-state index contributed by atoms with van der Waals surface area (Å²) in [5.41, 5.74) is -1.73. The number of benzene rings is 3. The monoisotopic (exact) mass is 674 g/mol. The summed E-state index contributed by atoms with van der Waals surface area (Å²) in [4.78, 5) is 89.4. The van der Waals surface area contributed by atoms with E-state index in [1.54, 1.807) is 20.8 Å². The minimum atomic E-state index is -1.39. The maximum atomic E-state index is 14.1. The smallest absolute Gasteiger partial charge is 0.414 e. The molecule has 1 heterocycles. The molecule has 3 amide bonds. The second-order valence-corrected chi connectivity index (χ2v) is 10.2. The summed E-state index contributed by atoms with van der Waals surface area (Å²) in [6.07, 6.45) is -2.36. The van der Waals surface area contributed by atoms with Crippen molar-refractivity contribution in [1.82, 2.24) is 13.7 Å². The van der Waals surface area contributed by atoms with Gasteiger partial charge >= 0.3 is 41.3 Å². The van der Waals surface area contributed by atoms with Crippen LogP contribution in [0.5, 0.6) is 0 Å². The molecule has 0 aliphatic rings. The van der Waals surface area contributed by atoms with Gasteiger partial charge in [-0.3, -0.25) is 16.0 Å². The average molecular weight is 675 g/mol. The average Bonchev–Trinajstić information content (AvgIpc) is 3.05. The van der Waals surface area contributed by atoms with Crippen LogP contribution < -0.4 is 33.0 Å². The quantitative estimate of drug-likeness (QED) is 0.114. The normalized spacial score (nSPS) is 10.4. The Morgan fingerprint density at radius 3 is 1.43 bits per heavy atom. The minimum Gasteiger partial charge on any atom is -0.465 e. The molecule has 17 heteroatoms. The van der Waals surface area contributed by atoms with Crippen LogP contribution in [0.2, 0.25) is 0 Å². The molecule has 1 aromatic heterocycles. The predicted octanol–water partition coefficient (Wildman–Crippen LogP) is 3.57. The van der Waals surface area contributed by atoms with Crippen molar-refractivity contribution < 1.29 is 38.5 Å². The fourth-order valence-corrected chi connectivity index (χ4v) is 4.48. The van der Waals surface area contributed by atoms with E-state index >= 15 is 0 Å². The Kier molecular flexibility index (Phi) is 10.5. The van der Waals surface area contributed by atoms with Gasteiger partial charge in [0.15, 0.2) is 0 Å². The van der Waals surface area contributed by atoms with Crippen LogP contribution >= 0.6 is 0 Å². The Labute approximate surface area is 276 Å². The Morgan fingerprint density at radius 2 is 1.06 bits per heavy atom. The molecule has 0 spiro atoms. The number of carbonyl (C=O) groups excluding carboxylic acids is 3. The lowest BCUT2D eigenvalue weighted by Gasteiger charge is -2.17. The first-order valence-electron chi connectivity index (χ1n) is 14.2. The fraction of sp³-hybridized carbons (Fsp3) is 0.156. The van der Waals surface area contributed by atoms with Crippen molar-refractivity contribution in [2.75, 3.05) is 29.9 Å². The zero-order chi connectivity index (χ0) is 36.0. The number of hydrogen-bond donors (Lipinski definition) is 4. The Bertz CT molecular complexity index is 2180. The number of nitrogens with one attached hydrogen (secondary N) is 3. The van der Waals surface area contributed by atoms with E-state index in [-0.39, 0.29) is 34.1 Å². The van der Waals surface area contributed by atoms with Gasteiger partial charge in [0.05, 0.1) is 24.2 Å². The number of rotatable bonds is 9. The first-order valence-corrected chi connectivity index (χ1v) is 14.2. The van der Waals surface area contributed by atoms with Gasteiger partial charge in [-0.25, -0.2) is 47.3 Å². The molecule has 3 aromatic carbocycles. The van der Waals surface area contributed by atoms with Crippen molar-refractivity contribution in [1.29, 1.82) is 0 Å². The summed E-state index contributed by atoms with van der Waals surface area (Å²) in [6, 6.07) is 12.6. The van der Waals surface area contributed by atoms with E-state index in [9.17, 15) is 38.7 Å². The predicted molar refractivity (Wildman–Crippen MR) is 176 cm³/mol. The van der Waals surface area contributed by atoms with E-state index < -0.39 is 48.1 Å². The van der Waals surface area contributed by atoms with Crippen LogP contribution in [0.25, 0.3) is 17.1 Å². The molecule has 0 bridgehead atoms.